The molecule has 0 aliphatic rings. The standard InChI is InChI=1S/C12H18ClN3O2/c1-8(4-3-7-17)15-12(18)16-10-5-6-14-9(2)11(10)13/h5-6,8,17H,3-4,7H2,1-2H3,(H2,14,15,16,18). The van der Waals surface area contributed by atoms with Gasteiger partial charge >= 0.3 is 6.03 Å². The van der Waals surface area contributed by atoms with Crippen molar-refractivity contribution in [3.05, 3.63) is 23.0 Å². The fourth-order valence-electron chi connectivity index (χ4n) is 1.50. The van der Waals surface area contributed by atoms with Gasteiger partial charge in [-0.2, -0.15) is 0 Å². The number of aryl methyl sites for hydroxylation is 1. The van der Waals surface area contributed by atoms with E-state index in [9.17, 15) is 4.79 Å². The van der Waals surface area contributed by atoms with Crippen LogP contribution in [0.25, 0.3) is 0 Å². The first-order valence-corrected chi connectivity index (χ1v) is 6.22. The van der Waals surface area contributed by atoms with Crippen LogP contribution in [0.1, 0.15) is 25.5 Å². The number of amides is 2. The molecule has 0 saturated carbocycles. The van der Waals surface area contributed by atoms with E-state index in [0.29, 0.717) is 22.8 Å². The van der Waals surface area contributed by atoms with E-state index in [1.807, 2.05) is 6.92 Å². The number of aliphatic hydroxyl groups excluding tert-OH is 1. The molecule has 1 aromatic rings. The zero-order valence-corrected chi connectivity index (χ0v) is 11.3. The third-order valence-electron chi connectivity index (χ3n) is 2.48. The van der Waals surface area contributed by atoms with Crippen LogP contribution in [-0.4, -0.2) is 28.8 Å². The molecule has 100 valence electrons. The Labute approximate surface area is 112 Å². The van der Waals surface area contributed by atoms with Crippen molar-refractivity contribution in [1.29, 1.82) is 0 Å². The van der Waals surface area contributed by atoms with E-state index in [1.54, 1.807) is 19.2 Å². The molecule has 6 heteroatoms. The number of rotatable bonds is 5. The summed E-state index contributed by atoms with van der Waals surface area (Å²) in [6.45, 7) is 3.78. The van der Waals surface area contributed by atoms with Crippen LogP contribution < -0.4 is 10.6 Å². The number of halogens is 1. The normalized spacial score (nSPS) is 12.0. The first-order chi connectivity index (χ1) is 8.54. The first kappa shape index (κ1) is 14.7. The summed E-state index contributed by atoms with van der Waals surface area (Å²) >= 11 is 6.02. The Bertz CT molecular complexity index is 412. The minimum absolute atomic E-state index is 0.00106. The van der Waals surface area contributed by atoms with Gasteiger partial charge in [0.25, 0.3) is 0 Å². The SMILES string of the molecule is Cc1nccc(NC(=O)NC(C)CCCO)c1Cl. The first-order valence-electron chi connectivity index (χ1n) is 5.84. The summed E-state index contributed by atoms with van der Waals surface area (Å²) < 4.78 is 0. The molecular formula is C12H18ClN3O2. The summed E-state index contributed by atoms with van der Waals surface area (Å²) in [5, 5.41) is 14.6. The number of aliphatic hydroxyl groups is 1. The van der Waals surface area contributed by atoms with Crippen LogP contribution in [0.15, 0.2) is 12.3 Å². The molecule has 1 rings (SSSR count). The summed E-state index contributed by atoms with van der Waals surface area (Å²) in [6, 6.07) is 1.33. The minimum atomic E-state index is -0.312. The van der Waals surface area contributed by atoms with Gasteiger partial charge in [0.2, 0.25) is 0 Å². The van der Waals surface area contributed by atoms with E-state index >= 15 is 0 Å². The number of carbonyl (C=O) groups excluding carboxylic acids is 1. The number of hydrogen-bond acceptors (Lipinski definition) is 3. The number of aromatic nitrogens is 1. The topological polar surface area (TPSA) is 74.2 Å². The highest BCUT2D eigenvalue weighted by atomic mass is 35.5. The number of hydrogen-bond donors (Lipinski definition) is 3. The highest BCUT2D eigenvalue weighted by Crippen LogP contribution is 2.23. The van der Waals surface area contributed by atoms with Crippen molar-refractivity contribution < 1.29 is 9.90 Å². The van der Waals surface area contributed by atoms with Gasteiger partial charge in [-0.15, -0.1) is 0 Å². The smallest absolute Gasteiger partial charge is 0.319 e. The molecule has 1 atom stereocenters. The third-order valence-corrected chi connectivity index (χ3v) is 2.96. The Morgan fingerprint density at radius 3 is 3.00 bits per heavy atom. The maximum absolute atomic E-state index is 11.7. The van der Waals surface area contributed by atoms with E-state index in [2.05, 4.69) is 15.6 Å². The molecule has 0 spiro atoms. The zero-order chi connectivity index (χ0) is 13.5. The number of urea groups is 1. The second-order valence-electron chi connectivity index (χ2n) is 4.12. The van der Waals surface area contributed by atoms with Gasteiger partial charge in [-0.05, 0) is 32.8 Å². The van der Waals surface area contributed by atoms with Crippen molar-refractivity contribution in [1.82, 2.24) is 10.3 Å². The van der Waals surface area contributed by atoms with Crippen LogP contribution in [0.3, 0.4) is 0 Å². The van der Waals surface area contributed by atoms with Crippen molar-refractivity contribution in [2.24, 2.45) is 0 Å². The van der Waals surface area contributed by atoms with Crippen molar-refractivity contribution in [2.45, 2.75) is 32.7 Å². The molecule has 1 heterocycles. The maximum atomic E-state index is 11.7. The molecule has 0 aromatic carbocycles. The van der Waals surface area contributed by atoms with Crippen LogP contribution in [0.5, 0.6) is 0 Å². The third kappa shape index (κ3) is 4.50. The van der Waals surface area contributed by atoms with E-state index in [4.69, 9.17) is 16.7 Å². The fourth-order valence-corrected chi connectivity index (χ4v) is 1.66. The highest BCUT2D eigenvalue weighted by molar-refractivity contribution is 6.34. The minimum Gasteiger partial charge on any atom is -0.396 e. The van der Waals surface area contributed by atoms with E-state index in [-0.39, 0.29) is 18.7 Å². The van der Waals surface area contributed by atoms with Gasteiger partial charge in [-0.25, -0.2) is 4.79 Å². The van der Waals surface area contributed by atoms with Gasteiger partial charge in [-0.3, -0.25) is 4.98 Å². The van der Waals surface area contributed by atoms with Gasteiger partial charge < -0.3 is 15.7 Å². The predicted molar refractivity (Wildman–Crippen MR) is 71.9 cm³/mol. The number of nitrogens with one attached hydrogen (secondary N) is 2. The molecule has 18 heavy (non-hydrogen) atoms. The average Bonchev–Trinajstić information content (AvgIpc) is 2.32. The highest BCUT2D eigenvalue weighted by Gasteiger charge is 2.10. The average molecular weight is 272 g/mol. The quantitative estimate of drug-likeness (QED) is 0.769. The van der Waals surface area contributed by atoms with Gasteiger partial charge in [0, 0.05) is 18.8 Å². The van der Waals surface area contributed by atoms with E-state index in [1.165, 1.54) is 0 Å². The Hall–Kier alpha value is -1.33. The summed E-state index contributed by atoms with van der Waals surface area (Å²) in [5.74, 6) is 0. The molecule has 2 amide bonds. The van der Waals surface area contributed by atoms with Crippen LogP contribution in [0.4, 0.5) is 10.5 Å². The lowest BCUT2D eigenvalue weighted by Crippen LogP contribution is -2.36. The van der Waals surface area contributed by atoms with Gasteiger partial charge in [0.15, 0.2) is 0 Å². The molecule has 0 fully saturated rings. The Kier molecular flexibility index (Phi) is 5.88. The molecule has 5 nitrogen and oxygen atoms in total. The fraction of sp³-hybridized carbons (Fsp3) is 0.500. The van der Waals surface area contributed by atoms with E-state index in [0.717, 1.165) is 6.42 Å². The summed E-state index contributed by atoms with van der Waals surface area (Å²) in [6.07, 6.45) is 2.98. The lowest BCUT2D eigenvalue weighted by molar-refractivity contribution is 0.245. The van der Waals surface area contributed by atoms with Gasteiger partial charge in [-0.1, -0.05) is 11.6 Å². The largest absolute Gasteiger partial charge is 0.396 e. The van der Waals surface area contributed by atoms with Gasteiger partial charge in [0.1, 0.15) is 0 Å². The number of nitrogens with zero attached hydrogens (tertiary/aromatic N) is 1. The lowest BCUT2D eigenvalue weighted by atomic mass is 10.2. The van der Waals surface area contributed by atoms with Crippen LogP contribution in [0.2, 0.25) is 5.02 Å². The molecule has 3 N–H and O–H groups in total. The van der Waals surface area contributed by atoms with Crippen LogP contribution in [-0.2, 0) is 0 Å². The zero-order valence-electron chi connectivity index (χ0n) is 10.5. The molecule has 0 aliphatic heterocycles. The molecule has 1 aromatic heterocycles. The molecule has 1 unspecified atom stereocenters. The number of carbonyl (C=O) groups is 1. The maximum Gasteiger partial charge on any atom is 0.319 e. The molecular weight excluding hydrogens is 254 g/mol. The Morgan fingerprint density at radius 1 is 1.61 bits per heavy atom. The predicted octanol–water partition coefficient (Wildman–Crippen LogP) is 2.33. The van der Waals surface area contributed by atoms with Crippen LogP contribution in [0, 0.1) is 6.92 Å². The molecule has 0 saturated heterocycles. The van der Waals surface area contributed by atoms with Crippen molar-refractivity contribution >= 4 is 23.3 Å². The number of pyridine rings is 1. The monoisotopic (exact) mass is 271 g/mol. The Morgan fingerprint density at radius 2 is 2.33 bits per heavy atom. The molecule has 0 radical (unpaired) electrons. The lowest BCUT2D eigenvalue weighted by Gasteiger charge is -2.14. The van der Waals surface area contributed by atoms with Crippen LogP contribution >= 0.6 is 11.6 Å². The van der Waals surface area contributed by atoms with E-state index < -0.39 is 0 Å². The Balaban J connectivity index is 2.52. The van der Waals surface area contributed by atoms with Crippen molar-refractivity contribution in [3.8, 4) is 0 Å². The van der Waals surface area contributed by atoms with Gasteiger partial charge in [0.05, 0.1) is 16.4 Å². The summed E-state index contributed by atoms with van der Waals surface area (Å²) in [4.78, 5) is 15.7. The summed E-state index contributed by atoms with van der Waals surface area (Å²) in [7, 11) is 0. The van der Waals surface area contributed by atoms with Crippen molar-refractivity contribution in [2.75, 3.05) is 11.9 Å². The second-order valence-corrected chi connectivity index (χ2v) is 4.50. The molecule has 0 aliphatic carbocycles. The summed E-state index contributed by atoms with van der Waals surface area (Å²) in [5.41, 5.74) is 1.21. The number of anilines is 1. The second kappa shape index (κ2) is 7.18. The molecule has 0 bridgehead atoms. The van der Waals surface area contributed by atoms with Crippen molar-refractivity contribution in [3.63, 3.8) is 0 Å².